The third-order valence-electron chi connectivity index (χ3n) is 13.9. The van der Waals surface area contributed by atoms with Crippen LogP contribution in [0.4, 0.5) is 0 Å². The molecule has 5 aromatic carbocycles. The van der Waals surface area contributed by atoms with Crippen LogP contribution < -0.4 is 23.7 Å². The van der Waals surface area contributed by atoms with E-state index in [1.54, 1.807) is 0 Å². The lowest BCUT2D eigenvalue weighted by molar-refractivity contribution is -0.147. The van der Waals surface area contributed by atoms with E-state index >= 15 is 0 Å². The largest absolute Gasteiger partial charge is 0.490 e. The van der Waals surface area contributed by atoms with Crippen molar-refractivity contribution < 1.29 is 61.7 Å². The van der Waals surface area contributed by atoms with E-state index in [1.165, 1.54) is 13.5 Å². The molecule has 0 radical (unpaired) electrons. The average Bonchev–Trinajstić information content (AvgIpc) is 4.39. The van der Waals surface area contributed by atoms with Crippen molar-refractivity contribution in [2.75, 3.05) is 66.6 Å². The lowest BCUT2D eigenvalue weighted by atomic mass is 9.76. The number of hydrogen-bond acceptors (Lipinski definition) is 13. The number of hydrogen-bond donors (Lipinski definition) is 0. The Kier molecular flexibility index (Phi) is 19.2. The topological polar surface area (TPSA) is 142 Å². The van der Waals surface area contributed by atoms with Gasteiger partial charge < -0.3 is 52.1 Å². The summed E-state index contributed by atoms with van der Waals surface area (Å²) >= 11 is 0. The Balaban J connectivity index is 0.000000662. The summed E-state index contributed by atoms with van der Waals surface area (Å²) in [5.41, 5.74) is 11.4. The van der Waals surface area contributed by atoms with E-state index < -0.39 is 24.1 Å². The molecule has 13 nitrogen and oxygen atoms in total. The van der Waals surface area contributed by atoms with E-state index in [9.17, 15) is 9.59 Å². The van der Waals surface area contributed by atoms with Gasteiger partial charge in [0.1, 0.15) is 73.1 Å². The van der Waals surface area contributed by atoms with Gasteiger partial charge in [-0.1, -0.05) is 88.5 Å². The third kappa shape index (κ3) is 14.6. The first-order valence-electron chi connectivity index (χ1n) is 25.7. The summed E-state index contributed by atoms with van der Waals surface area (Å²) in [5.74, 6) is 3.13. The van der Waals surface area contributed by atoms with E-state index in [0.717, 1.165) is 110 Å². The molecule has 3 aliphatic rings. The Hall–Kier alpha value is -6.64. The number of epoxide rings is 2. The zero-order valence-corrected chi connectivity index (χ0v) is 45.3. The van der Waals surface area contributed by atoms with Gasteiger partial charge in [-0.2, -0.15) is 0 Å². The van der Waals surface area contributed by atoms with Gasteiger partial charge in [-0.15, -0.1) is 0 Å². The van der Waals surface area contributed by atoms with Gasteiger partial charge in [-0.25, -0.2) is 9.59 Å². The fourth-order valence-corrected chi connectivity index (χ4v) is 8.81. The highest BCUT2D eigenvalue weighted by Gasteiger charge is 2.38. The first kappa shape index (κ1) is 56.1. The number of rotatable bonds is 25. The lowest BCUT2D eigenvalue weighted by Gasteiger charge is -2.36. The minimum absolute atomic E-state index is 0.0287. The zero-order valence-electron chi connectivity index (χ0n) is 45.3. The minimum Gasteiger partial charge on any atom is -0.490 e. The molecule has 5 atom stereocenters. The third-order valence-corrected chi connectivity index (χ3v) is 13.9. The number of methoxy groups -OCH3 is 1. The first-order chi connectivity index (χ1) is 36.1. The molecule has 0 bridgehead atoms. The number of benzene rings is 5. The van der Waals surface area contributed by atoms with Crippen molar-refractivity contribution in [3.8, 4) is 45.6 Å². The summed E-state index contributed by atoms with van der Waals surface area (Å²) in [6.45, 7) is 30.3. The molecule has 0 N–H and O–H groups in total. The van der Waals surface area contributed by atoms with Gasteiger partial charge in [0.25, 0.3) is 0 Å². The van der Waals surface area contributed by atoms with Crippen molar-refractivity contribution in [1.82, 2.24) is 0 Å². The average molecular weight is 1030 g/mol. The second kappa shape index (κ2) is 25.7. The van der Waals surface area contributed by atoms with Crippen molar-refractivity contribution >= 4 is 11.9 Å². The zero-order chi connectivity index (χ0) is 53.8. The van der Waals surface area contributed by atoms with Gasteiger partial charge in [-0.3, -0.25) is 0 Å². The minimum atomic E-state index is -0.762. The fourth-order valence-electron chi connectivity index (χ4n) is 8.81. The van der Waals surface area contributed by atoms with E-state index in [0.29, 0.717) is 42.0 Å². The van der Waals surface area contributed by atoms with Crippen LogP contribution in [0.3, 0.4) is 0 Å². The lowest BCUT2D eigenvalue weighted by Crippen LogP contribution is -2.31. The van der Waals surface area contributed by atoms with Gasteiger partial charge in [0, 0.05) is 36.3 Å². The number of fused-ring (bicyclic) bond motifs is 2. The molecule has 5 aromatic rings. The molecule has 8 rings (SSSR count). The maximum Gasteiger partial charge on any atom is 0.330 e. The number of ether oxygens (including phenoxy) is 11. The van der Waals surface area contributed by atoms with Crippen molar-refractivity contribution in [1.29, 1.82) is 0 Å². The van der Waals surface area contributed by atoms with E-state index in [1.807, 2.05) is 61.5 Å². The Morgan fingerprint density at radius 3 is 1.52 bits per heavy atom. The van der Waals surface area contributed by atoms with Crippen molar-refractivity contribution in [3.05, 3.63) is 154 Å². The van der Waals surface area contributed by atoms with Crippen LogP contribution in [0.2, 0.25) is 0 Å². The van der Waals surface area contributed by atoms with Gasteiger partial charge in [0.05, 0.1) is 33.0 Å². The van der Waals surface area contributed by atoms with Crippen molar-refractivity contribution in [3.63, 3.8) is 0 Å². The molecule has 75 heavy (non-hydrogen) atoms. The molecule has 0 aliphatic carbocycles. The van der Waals surface area contributed by atoms with E-state index in [-0.39, 0.29) is 38.4 Å². The molecule has 2 saturated heterocycles. The van der Waals surface area contributed by atoms with Gasteiger partial charge in [0.15, 0.2) is 12.2 Å². The number of carbonyl (C=O) groups excluding carboxylic acids is 2. The summed E-state index contributed by atoms with van der Waals surface area (Å²) in [6, 6.07) is 25.6. The van der Waals surface area contributed by atoms with Crippen LogP contribution in [-0.4, -0.2) is 103 Å². The highest BCUT2D eigenvalue weighted by atomic mass is 16.6. The quantitative estimate of drug-likeness (QED) is 0.0305. The maximum absolute atomic E-state index is 12.6. The summed E-state index contributed by atoms with van der Waals surface area (Å²) in [6.07, 6.45) is 2.59. The standard InChI is InChI=1S/C53H56O11.C9H18O2/c1-10-45(54)62-43(25-56-9)28-57-40-21-17-37(18-22-40)38-19-23-41(24-20-38)58-29-44(63-46(55)11-2)30-61-51-32(4)34(6)53-48(36(51)8)49(39-15-13-12-14-16-39)47-35(7)50(60-27-42-26-59-42)31(3)33(5)52(47)64-53;1-4-9(2,3)7-10-5-8-6-11-8/h10-24,42-44,49H,1-2,25-30H2,3-9H3;8H,4-7H2,1-3H3. The van der Waals surface area contributed by atoms with Gasteiger partial charge in [0.2, 0.25) is 0 Å². The number of esters is 2. The Labute approximate surface area is 443 Å². The van der Waals surface area contributed by atoms with Crippen LogP contribution in [0.25, 0.3) is 11.1 Å². The Bertz CT molecular complexity index is 2760. The second-order valence-corrected chi connectivity index (χ2v) is 20.1. The van der Waals surface area contributed by atoms with E-state index in [2.05, 4.69) is 92.8 Å². The molecular weight excluding hydrogens is 953 g/mol. The van der Waals surface area contributed by atoms with Crippen LogP contribution in [0.15, 0.2) is 104 Å². The van der Waals surface area contributed by atoms with Crippen LogP contribution in [0, 0.1) is 47.0 Å². The molecule has 3 heterocycles. The summed E-state index contributed by atoms with van der Waals surface area (Å²) < 4.78 is 64.3. The molecule has 0 amide bonds. The van der Waals surface area contributed by atoms with Crippen LogP contribution in [0.5, 0.6) is 34.5 Å². The van der Waals surface area contributed by atoms with Crippen LogP contribution >= 0.6 is 0 Å². The highest BCUT2D eigenvalue weighted by molar-refractivity contribution is 5.81. The predicted octanol–water partition coefficient (Wildman–Crippen LogP) is 11.8. The molecule has 400 valence electrons. The van der Waals surface area contributed by atoms with Crippen LogP contribution in [-0.2, 0) is 38.0 Å². The number of carbonyl (C=O) groups is 2. The van der Waals surface area contributed by atoms with E-state index in [4.69, 9.17) is 52.1 Å². The summed E-state index contributed by atoms with van der Waals surface area (Å²) in [7, 11) is 1.53. The summed E-state index contributed by atoms with van der Waals surface area (Å²) in [4.78, 5) is 24.3. The molecule has 3 aliphatic heterocycles. The van der Waals surface area contributed by atoms with Gasteiger partial charge >= 0.3 is 11.9 Å². The normalized spacial score (nSPS) is 16.8. The molecule has 5 unspecified atom stereocenters. The summed E-state index contributed by atoms with van der Waals surface area (Å²) in [5, 5.41) is 0. The second-order valence-electron chi connectivity index (χ2n) is 20.1. The maximum atomic E-state index is 12.6. The molecule has 13 heteroatoms. The molecule has 0 spiro atoms. The Morgan fingerprint density at radius 2 is 1.07 bits per heavy atom. The Morgan fingerprint density at radius 1 is 0.613 bits per heavy atom. The smallest absolute Gasteiger partial charge is 0.330 e. The van der Waals surface area contributed by atoms with Crippen molar-refractivity contribution in [2.45, 2.75) is 99.1 Å². The highest BCUT2D eigenvalue weighted by Crippen LogP contribution is 2.56. The first-order valence-corrected chi connectivity index (χ1v) is 25.7. The van der Waals surface area contributed by atoms with Crippen molar-refractivity contribution in [2.24, 2.45) is 5.41 Å². The monoisotopic (exact) mass is 1030 g/mol. The molecule has 0 saturated carbocycles. The molecular formula is C62H74O13. The van der Waals surface area contributed by atoms with Gasteiger partial charge in [-0.05, 0) is 128 Å². The SMILES string of the molecule is C=CC(=O)OC(COC)COc1ccc(-c2ccc(OCC(COc3c(C)c(C)c4c(c3C)C(c3ccccc3)c3c(C)c(OCC5CO5)c(C)c(C)c3O4)OC(=O)C=C)cc2)cc1.CCC(C)(C)COCC1CO1. The predicted molar refractivity (Wildman–Crippen MR) is 289 cm³/mol. The molecule has 2 fully saturated rings. The van der Waals surface area contributed by atoms with Crippen LogP contribution in [0.1, 0.15) is 83.2 Å². The molecule has 0 aromatic heterocycles. The fraction of sp³-hybridized carbons (Fsp3) is 0.419.